The van der Waals surface area contributed by atoms with E-state index in [1.54, 1.807) is 0 Å². The Morgan fingerprint density at radius 3 is 0.667 bits per heavy atom. The zero-order valence-corrected chi connectivity index (χ0v) is 39.8. The Morgan fingerprint density at radius 1 is 0.333 bits per heavy atom. The minimum Gasteiger partial charge on any atom is -1.00 e. The molecule has 0 aliphatic rings. The molecule has 0 aromatic rings. The van der Waals surface area contributed by atoms with Crippen molar-refractivity contribution in [1.29, 1.82) is 0 Å². The second kappa shape index (κ2) is 43.6. The van der Waals surface area contributed by atoms with Crippen LogP contribution in [0.15, 0.2) is 0 Å². The number of hydrogen-bond acceptors (Lipinski definition) is 2. The van der Waals surface area contributed by atoms with E-state index in [4.69, 9.17) is 23.2 Å². The van der Waals surface area contributed by atoms with Gasteiger partial charge in [-0.3, -0.25) is 0 Å². The lowest BCUT2D eigenvalue weighted by Crippen LogP contribution is -3.00. The van der Waals surface area contributed by atoms with Crippen LogP contribution in [-0.2, 0) is 0 Å². The molecule has 0 radical (unpaired) electrons. The van der Waals surface area contributed by atoms with Gasteiger partial charge in [0.05, 0.1) is 52.0 Å². The second-order valence-corrected chi connectivity index (χ2v) is 18.3. The van der Waals surface area contributed by atoms with Crippen LogP contribution in [0.2, 0.25) is 0 Å². The van der Waals surface area contributed by atoms with E-state index >= 15 is 0 Å². The average molecular weight is 851 g/mol. The zero-order valence-electron chi connectivity index (χ0n) is 36.7. The summed E-state index contributed by atoms with van der Waals surface area (Å²) in [7, 11) is 4.69. The SMILES string of the molecule is CCCCCCCCCCCCCCCC[N+](C)(CCCCCC[N+](C)(CCCCCCCCCCCCCCCC)CC(O)CCl)CC(O)CCl.[Cl-].[Cl-]. The number of aliphatic hydroxyl groups excluding tert-OH is 2. The number of nitrogens with zero attached hydrogens (tertiary/aromatic N) is 2. The van der Waals surface area contributed by atoms with Crippen LogP contribution in [-0.4, -0.2) is 96.5 Å². The third-order valence-corrected chi connectivity index (χ3v) is 12.6. The van der Waals surface area contributed by atoms with Gasteiger partial charge in [0.25, 0.3) is 0 Å². The first-order valence-electron chi connectivity index (χ1n) is 23.4. The van der Waals surface area contributed by atoms with E-state index in [-0.39, 0.29) is 24.8 Å². The topological polar surface area (TPSA) is 40.5 Å². The van der Waals surface area contributed by atoms with E-state index in [0.717, 1.165) is 48.2 Å². The van der Waals surface area contributed by atoms with Crippen molar-refractivity contribution in [2.24, 2.45) is 0 Å². The summed E-state index contributed by atoms with van der Waals surface area (Å²) in [6.07, 6.45) is 43.0. The lowest BCUT2D eigenvalue weighted by atomic mass is 10.0. The highest BCUT2D eigenvalue weighted by molar-refractivity contribution is 6.18. The molecule has 0 spiro atoms. The average Bonchev–Trinajstić information content (AvgIpc) is 3.13. The predicted octanol–water partition coefficient (Wildman–Crippen LogP) is 7.61. The molecule has 8 heteroatoms. The van der Waals surface area contributed by atoms with Gasteiger partial charge < -0.3 is 44.0 Å². The minimum absolute atomic E-state index is 0. The third kappa shape index (κ3) is 39.8. The van der Waals surface area contributed by atoms with Gasteiger partial charge in [0.1, 0.15) is 25.3 Å². The van der Waals surface area contributed by atoms with Crippen molar-refractivity contribution in [1.82, 2.24) is 0 Å². The number of halogens is 4. The van der Waals surface area contributed by atoms with Crippen molar-refractivity contribution in [2.45, 2.75) is 232 Å². The van der Waals surface area contributed by atoms with Crippen molar-refractivity contribution in [3.05, 3.63) is 0 Å². The van der Waals surface area contributed by atoms with Gasteiger partial charge in [-0.15, -0.1) is 23.2 Å². The van der Waals surface area contributed by atoms with E-state index in [1.807, 2.05) is 0 Å². The largest absolute Gasteiger partial charge is 1.00 e. The number of rotatable bonds is 43. The van der Waals surface area contributed by atoms with E-state index in [0.29, 0.717) is 11.8 Å². The van der Waals surface area contributed by atoms with Gasteiger partial charge in [0.2, 0.25) is 0 Å². The number of quaternary nitrogens is 2. The molecule has 54 heavy (non-hydrogen) atoms. The molecule has 0 fully saturated rings. The summed E-state index contributed by atoms with van der Waals surface area (Å²) in [6, 6.07) is 0. The number of hydrogen-bond donors (Lipinski definition) is 2. The summed E-state index contributed by atoms with van der Waals surface area (Å²) in [5, 5.41) is 20.9. The van der Waals surface area contributed by atoms with Crippen LogP contribution in [0, 0.1) is 0 Å². The molecule has 4 nitrogen and oxygen atoms in total. The quantitative estimate of drug-likeness (QED) is 0.0377. The second-order valence-electron chi connectivity index (χ2n) is 17.7. The maximum Gasteiger partial charge on any atom is 0.116 e. The summed E-state index contributed by atoms with van der Waals surface area (Å²) in [4.78, 5) is 0. The highest BCUT2D eigenvalue weighted by Crippen LogP contribution is 2.19. The maximum atomic E-state index is 10.5. The fourth-order valence-corrected chi connectivity index (χ4v) is 8.62. The van der Waals surface area contributed by atoms with Gasteiger partial charge in [-0.1, -0.05) is 168 Å². The highest BCUT2D eigenvalue weighted by atomic mass is 35.5. The van der Waals surface area contributed by atoms with E-state index in [1.165, 1.54) is 205 Å². The monoisotopic (exact) mass is 849 g/mol. The Balaban J connectivity index is -0.0000130. The molecule has 0 saturated heterocycles. The summed E-state index contributed by atoms with van der Waals surface area (Å²) >= 11 is 12.1. The van der Waals surface area contributed by atoms with Crippen molar-refractivity contribution in [3.8, 4) is 0 Å². The molecular weight excluding hydrogens is 754 g/mol. The van der Waals surface area contributed by atoms with Gasteiger partial charge in [-0.05, 0) is 51.4 Å². The van der Waals surface area contributed by atoms with Crippen LogP contribution in [0.25, 0.3) is 0 Å². The molecule has 0 bridgehead atoms. The van der Waals surface area contributed by atoms with Crippen LogP contribution in [0.5, 0.6) is 0 Å². The Hall–Kier alpha value is 1.00. The van der Waals surface area contributed by atoms with Gasteiger partial charge in [-0.25, -0.2) is 0 Å². The minimum atomic E-state index is -0.417. The summed E-state index contributed by atoms with van der Waals surface area (Å²) in [6.45, 7) is 10.7. The van der Waals surface area contributed by atoms with Crippen LogP contribution in [0.3, 0.4) is 0 Å². The maximum absolute atomic E-state index is 10.5. The zero-order chi connectivity index (χ0) is 38.4. The third-order valence-electron chi connectivity index (χ3n) is 11.9. The van der Waals surface area contributed by atoms with Gasteiger partial charge in [0, 0.05) is 0 Å². The number of likely N-dealkylation sites (N-methyl/N-ethyl adjacent to an activating group) is 2. The van der Waals surface area contributed by atoms with Gasteiger partial charge in [-0.2, -0.15) is 0 Å². The van der Waals surface area contributed by atoms with Crippen LogP contribution >= 0.6 is 23.2 Å². The molecule has 0 aliphatic carbocycles. The number of alkyl halides is 2. The van der Waals surface area contributed by atoms with E-state index < -0.39 is 12.2 Å². The summed E-state index contributed by atoms with van der Waals surface area (Å²) in [5.74, 6) is 0.660. The molecule has 0 saturated carbocycles. The van der Waals surface area contributed by atoms with Crippen molar-refractivity contribution in [2.75, 3.05) is 65.1 Å². The van der Waals surface area contributed by atoms with Crippen molar-refractivity contribution in [3.63, 3.8) is 0 Å². The molecule has 0 aliphatic heterocycles. The lowest BCUT2D eigenvalue weighted by Gasteiger charge is -2.37. The first-order chi connectivity index (χ1) is 25.2. The molecule has 0 amide bonds. The predicted molar refractivity (Wildman–Crippen MR) is 234 cm³/mol. The highest BCUT2D eigenvalue weighted by Gasteiger charge is 2.26. The van der Waals surface area contributed by atoms with Crippen LogP contribution in [0.4, 0.5) is 0 Å². The summed E-state index contributed by atoms with van der Waals surface area (Å²) < 4.78 is 1.89. The van der Waals surface area contributed by atoms with Crippen molar-refractivity contribution < 1.29 is 44.0 Å². The fraction of sp³-hybridized carbons (Fsp3) is 1.00. The molecule has 0 rings (SSSR count). The van der Waals surface area contributed by atoms with Gasteiger partial charge >= 0.3 is 0 Å². The van der Waals surface area contributed by atoms with E-state index in [2.05, 4.69) is 27.9 Å². The standard InChI is InChI=1S/C46H96Cl2N2O2.2ClH/c1-5-7-9-11-13-15-17-19-21-23-25-27-29-33-37-49(3,43-45(51)41-47)39-35-31-32-36-40-50(4,44-46(52)42-48)38-34-30-28-26-24-22-20-18-16-14-12-10-8-6-2;;/h45-46,51-52H,5-44H2,1-4H3;2*1H/q+2;;/p-2. The molecule has 0 aromatic heterocycles. The molecule has 330 valence electrons. The Kier molecular flexibility index (Phi) is 47.9. The Bertz CT molecular complexity index is 666. The first kappa shape index (κ1) is 59.3. The fourth-order valence-electron chi connectivity index (χ4n) is 8.42. The molecule has 0 aromatic carbocycles. The Morgan fingerprint density at radius 2 is 0.500 bits per heavy atom. The normalized spacial score (nSPS) is 14.9. The molecule has 0 heterocycles. The van der Waals surface area contributed by atoms with Crippen LogP contribution in [0.1, 0.15) is 219 Å². The van der Waals surface area contributed by atoms with Crippen LogP contribution < -0.4 is 24.8 Å². The van der Waals surface area contributed by atoms with Crippen molar-refractivity contribution >= 4 is 23.2 Å². The lowest BCUT2D eigenvalue weighted by molar-refractivity contribution is -0.913. The molecule has 4 unspecified atom stereocenters. The smallest absolute Gasteiger partial charge is 0.116 e. The first-order valence-corrected chi connectivity index (χ1v) is 24.5. The Labute approximate surface area is 362 Å². The van der Waals surface area contributed by atoms with E-state index in [9.17, 15) is 10.2 Å². The molecular formula is C46H96Cl4N2O2. The number of unbranched alkanes of at least 4 members (excludes halogenated alkanes) is 29. The molecule has 2 N–H and O–H groups in total. The summed E-state index contributed by atoms with van der Waals surface area (Å²) in [5.41, 5.74) is 0. The number of aliphatic hydroxyl groups is 2. The van der Waals surface area contributed by atoms with Gasteiger partial charge in [0.15, 0.2) is 0 Å². The molecule has 4 atom stereocenters.